The van der Waals surface area contributed by atoms with Gasteiger partial charge in [0.2, 0.25) is 0 Å². The van der Waals surface area contributed by atoms with Crippen LogP contribution in [0, 0.1) is 16.7 Å². The van der Waals surface area contributed by atoms with Crippen LogP contribution in [-0.4, -0.2) is 37.0 Å². The van der Waals surface area contributed by atoms with Gasteiger partial charge in [0.05, 0.1) is 40.7 Å². The molecule has 138 valence electrons. The monoisotopic (exact) mass is 360 g/mol. The number of amidine groups is 1. The molecule has 0 bridgehead atoms. The Hall–Kier alpha value is -2.91. The maximum atomic E-state index is 9.46. The van der Waals surface area contributed by atoms with Crippen LogP contribution in [0.3, 0.4) is 0 Å². The summed E-state index contributed by atoms with van der Waals surface area (Å²) in [6, 6.07) is 12.0. The number of nitriles is 1. The van der Waals surface area contributed by atoms with Crippen LogP contribution in [0.2, 0.25) is 0 Å². The largest absolute Gasteiger partial charge is 0.367 e. The first-order chi connectivity index (χ1) is 13.0. The van der Waals surface area contributed by atoms with E-state index in [4.69, 9.17) is 5.41 Å². The fourth-order valence-electron chi connectivity index (χ4n) is 3.99. The Balaban J connectivity index is 1.81. The van der Waals surface area contributed by atoms with Crippen LogP contribution < -0.4 is 15.1 Å². The Morgan fingerprint density at radius 2 is 1.96 bits per heavy atom. The van der Waals surface area contributed by atoms with Gasteiger partial charge in [0.25, 0.3) is 0 Å². The van der Waals surface area contributed by atoms with Crippen molar-refractivity contribution in [2.75, 3.05) is 36.0 Å². The van der Waals surface area contributed by atoms with Crippen molar-refractivity contribution < 1.29 is 0 Å². The van der Waals surface area contributed by atoms with E-state index < -0.39 is 5.41 Å². The minimum Gasteiger partial charge on any atom is -0.367 e. The molecule has 27 heavy (non-hydrogen) atoms. The lowest BCUT2D eigenvalue weighted by Crippen LogP contribution is -2.44. The van der Waals surface area contributed by atoms with E-state index in [0.717, 1.165) is 48.8 Å². The fourth-order valence-corrected chi connectivity index (χ4v) is 3.99. The molecule has 2 aromatic rings. The molecule has 3 heterocycles. The molecule has 0 saturated carbocycles. The molecule has 1 aromatic carbocycles. The van der Waals surface area contributed by atoms with Crippen molar-refractivity contribution >= 4 is 17.2 Å². The summed E-state index contributed by atoms with van der Waals surface area (Å²) in [6.45, 7) is 8.39. The van der Waals surface area contributed by atoms with E-state index >= 15 is 0 Å². The number of rotatable bonds is 3. The van der Waals surface area contributed by atoms with E-state index in [9.17, 15) is 5.26 Å². The maximum absolute atomic E-state index is 9.46. The van der Waals surface area contributed by atoms with Gasteiger partial charge in [-0.05, 0) is 31.5 Å². The van der Waals surface area contributed by atoms with E-state index in [0.29, 0.717) is 17.9 Å². The van der Waals surface area contributed by atoms with E-state index in [1.165, 1.54) is 0 Å². The molecule has 2 aliphatic heterocycles. The summed E-state index contributed by atoms with van der Waals surface area (Å²) in [4.78, 5) is 9.07. The number of nitrogens with one attached hydrogen (secondary N) is 2. The lowest BCUT2D eigenvalue weighted by Gasteiger charge is -2.33. The van der Waals surface area contributed by atoms with Crippen LogP contribution in [0.15, 0.2) is 36.5 Å². The van der Waals surface area contributed by atoms with Gasteiger partial charge in [0.15, 0.2) is 0 Å². The number of fused-ring (bicyclic) bond motifs is 1. The minimum absolute atomic E-state index is 0.457. The van der Waals surface area contributed by atoms with Gasteiger partial charge in [-0.3, -0.25) is 10.4 Å². The molecule has 2 aliphatic rings. The Morgan fingerprint density at radius 3 is 2.70 bits per heavy atom. The van der Waals surface area contributed by atoms with Gasteiger partial charge < -0.3 is 15.1 Å². The highest BCUT2D eigenvalue weighted by atomic mass is 15.3. The molecule has 0 unspecified atom stereocenters. The topological polar surface area (TPSA) is 79.0 Å². The predicted octanol–water partition coefficient (Wildman–Crippen LogP) is 2.64. The highest BCUT2D eigenvalue weighted by Gasteiger charge is 2.44. The molecule has 1 fully saturated rings. The number of piperazine rings is 1. The highest BCUT2D eigenvalue weighted by molar-refractivity contribution is 6.11. The molecular weight excluding hydrogens is 336 g/mol. The summed E-state index contributed by atoms with van der Waals surface area (Å²) < 4.78 is 0. The zero-order valence-electron chi connectivity index (χ0n) is 15.8. The molecule has 6 nitrogen and oxygen atoms in total. The number of anilines is 2. The number of nitrogens with zero attached hydrogens (tertiary/aromatic N) is 4. The summed E-state index contributed by atoms with van der Waals surface area (Å²) >= 11 is 0. The number of pyridine rings is 1. The predicted molar refractivity (Wildman–Crippen MR) is 107 cm³/mol. The quantitative estimate of drug-likeness (QED) is 0.880. The molecule has 0 atom stereocenters. The third-order valence-corrected chi connectivity index (χ3v) is 5.55. The van der Waals surface area contributed by atoms with Crippen LogP contribution in [-0.2, 0) is 12.0 Å². The molecule has 6 heteroatoms. The lowest BCUT2D eigenvalue weighted by molar-refractivity contribution is 0.588. The summed E-state index contributed by atoms with van der Waals surface area (Å²) in [5.41, 5.74) is 4.22. The molecule has 2 N–H and O–H groups in total. The van der Waals surface area contributed by atoms with Crippen LogP contribution in [0.1, 0.15) is 30.7 Å². The molecular formula is C21H24N6. The second-order valence-electron chi connectivity index (χ2n) is 7.59. The van der Waals surface area contributed by atoms with Gasteiger partial charge in [0, 0.05) is 32.4 Å². The third-order valence-electron chi connectivity index (χ3n) is 5.55. The second kappa shape index (κ2) is 6.67. The molecule has 1 saturated heterocycles. The van der Waals surface area contributed by atoms with Crippen molar-refractivity contribution in [3.63, 3.8) is 0 Å². The fraction of sp³-hybridized carbons (Fsp3) is 0.381. The van der Waals surface area contributed by atoms with Crippen LogP contribution >= 0.6 is 0 Å². The third kappa shape index (κ3) is 2.84. The van der Waals surface area contributed by atoms with Crippen molar-refractivity contribution in [3.8, 4) is 6.07 Å². The highest BCUT2D eigenvalue weighted by Crippen LogP contribution is 2.46. The molecule has 1 aromatic heterocycles. The summed E-state index contributed by atoms with van der Waals surface area (Å²) in [5, 5.41) is 21.7. The second-order valence-corrected chi connectivity index (χ2v) is 7.59. The van der Waals surface area contributed by atoms with Crippen molar-refractivity contribution in [2.45, 2.75) is 25.8 Å². The molecule has 0 amide bonds. The Labute approximate surface area is 159 Å². The first-order valence-electron chi connectivity index (χ1n) is 9.33. The zero-order valence-corrected chi connectivity index (χ0v) is 15.8. The van der Waals surface area contributed by atoms with Gasteiger partial charge in [-0.25, -0.2) is 0 Å². The van der Waals surface area contributed by atoms with E-state index in [1.807, 2.05) is 35.4 Å². The van der Waals surface area contributed by atoms with Gasteiger partial charge >= 0.3 is 0 Å². The first kappa shape index (κ1) is 17.5. The minimum atomic E-state index is -0.457. The Kier molecular flexibility index (Phi) is 4.33. The molecule has 0 radical (unpaired) electrons. The zero-order chi connectivity index (χ0) is 19.0. The van der Waals surface area contributed by atoms with Crippen LogP contribution in [0.25, 0.3) is 0 Å². The summed E-state index contributed by atoms with van der Waals surface area (Å²) in [7, 11) is 0. The van der Waals surface area contributed by atoms with Crippen molar-refractivity contribution in [2.24, 2.45) is 0 Å². The number of aromatic nitrogens is 1. The van der Waals surface area contributed by atoms with Gasteiger partial charge in [-0.15, -0.1) is 0 Å². The average molecular weight is 360 g/mol. The summed E-state index contributed by atoms with van der Waals surface area (Å²) in [6.07, 6.45) is 1.86. The van der Waals surface area contributed by atoms with Gasteiger partial charge in [-0.2, -0.15) is 5.26 Å². The Morgan fingerprint density at radius 1 is 1.22 bits per heavy atom. The maximum Gasteiger partial charge on any atom is 0.113 e. The lowest BCUT2D eigenvalue weighted by atomic mass is 9.89. The standard InChI is InChI=1S/C21H24N6/c1-21(2)19-18(17(7-8-25-19)26-11-9-24-10-12-26)27(20(21)23)14-16-6-4-3-5-15(16)13-22/h3-8,23-24H,9-12,14H2,1-2H3. The molecule has 4 rings (SSSR count). The van der Waals surface area contributed by atoms with Crippen molar-refractivity contribution in [1.29, 1.82) is 10.7 Å². The van der Waals surface area contributed by atoms with Crippen molar-refractivity contribution in [1.82, 2.24) is 10.3 Å². The van der Waals surface area contributed by atoms with Crippen molar-refractivity contribution in [3.05, 3.63) is 53.3 Å². The number of hydrogen-bond acceptors (Lipinski definition) is 5. The number of hydrogen-bond donors (Lipinski definition) is 2. The van der Waals surface area contributed by atoms with Gasteiger partial charge in [0.1, 0.15) is 5.84 Å². The first-order valence-corrected chi connectivity index (χ1v) is 9.33. The Bertz CT molecular complexity index is 921. The normalized spacial score (nSPS) is 18.3. The molecule has 0 aliphatic carbocycles. The summed E-state index contributed by atoms with van der Waals surface area (Å²) in [5.74, 6) is 0.528. The van der Waals surface area contributed by atoms with Crippen LogP contribution in [0.5, 0.6) is 0 Å². The number of benzene rings is 1. The van der Waals surface area contributed by atoms with E-state index in [1.54, 1.807) is 0 Å². The molecule has 0 spiro atoms. The smallest absolute Gasteiger partial charge is 0.113 e. The van der Waals surface area contributed by atoms with Gasteiger partial charge in [-0.1, -0.05) is 18.2 Å². The van der Waals surface area contributed by atoms with Crippen LogP contribution in [0.4, 0.5) is 11.4 Å². The van der Waals surface area contributed by atoms with E-state index in [2.05, 4.69) is 41.2 Å². The van der Waals surface area contributed by atoms with E-state index in [-0.39, 0.29) is 0 Å². The SMILES string of the molecule is CC1(C)C(=N)N(Cc2ccccc2C#N)c2c(N3CCNCC3)ccnc21. The average Bonchev–Trinajstić information content (AvgIpc) is 2.90.